The van der Waals surface area contributed by atoms with Crippen LogP contribution in [0.5, 0.6) is 11.6 Å². The van der Waals surface area contributed by atoms with E-state index in [1.54, 1.807) is 18.2 Å². The van der Waals surface area contributed by atoms with Gasteiger partial charge in [0.05, 0.1) is 10.6 Å². The molecule has 6 heteroatoms. The lowest BCUT2D eigenvalue weighted by molar-refractivity contribution is 0.452. The number of hydrogen-bond donors (Lipinski definition) is 1. The maximum absolute atomic E-state index is 6.14. The lowest BCUT2D eigenvalue weighted by Crippen LogP contribution is -2.07. The minimum atomic E-state index is 0.202. The standard InChI is InChI=1S/C15H17Cl2N3O/c1-4-18-14-13(9(2)3)15(20-8-19-14)21-12-7-10(16)5-6-11(12)17/h5-9H,4H2,1-3H3,(H,18,19,20). The molecule has 0 amide bonds. The third-order valence-electron chi connectivity index (χ3n) is 2.87. The van der Waals surface area contributed by atoms with Gasteiger partial charge in [0, 0.05) is 17.6 Å². The summed E-state index contributed by atoms with van der Waals surface area (Å²) in [6, 6.07) is 5.08. The zero-order chi connectivity index (χ0) is 15.4. The predicted molar refractivity (Wildman–Crippen MR) is 86.8 cm³/mol. The summed E-state index contributed by atoms with van der Waals surface area (Å²) < 4.78 is 5.86. The highest BCUT2D eigenvalue weighted by Gasteiger charge is 2.17. The molecule has 0 aliphatic carbocycles. The first-order valence-electron chi connectivity index (χ1n) is 6.74. The molecule has 0 fully saturated rings. The molecule has 1 heterocycles. The lowest BCUT2D eigenvalue weighted by Gasteiger charge is -2.17. The van der Waals surface area contributed by atoms with E-state index in [0.717, 1.165) is 17.9 Å². The maximum atomic E-state index is 6.14. The van der Waals surface area contributed by atoms with Crippen molar-refractivity contribution in [2.24, 2.45) is 0 Å². The van der Waals surface area contributed by atoms with Crippen LogP contribution in [0.3, 0.4) is 0 Å². The Morgan fingerprint density at radius 3 is 2.67 bits per heavy atom. The topological polar surface area (TPSA) is 47.0 Å². The second-order valence-corrected chi connectivity index (χ2v) is 5.65. The monoisotopic (exact) mass is 325 g/mol. The molecular formula is C15H17Cl2N3O. The van der Waals surface area contributed by atoms with Gasteiger partial charge in [-0.1, -0.05) is 37.0 Å². The van der Waals surface area contributed by atoms with E-state index in [9.17, 15) is 0 Å². The number of nitrogens with zero attached hydrogens (tertiary/aromatic N) is 2. The predicted octanol–water partition coefficient (Wildman–Crippen LogP) is 5.13. The molecule has 112 valence electrons. The van der Waals surface area contributed by atoms with Crippen LogP contribution in [0.2, 0.25) is 10.0 Å². The summed E-state index contributed by atoms with van der Waals surface area (Å²) in [5.74, 6) is 1.94. The fourth-order valence-electron chi connectivity index (χ4n) is 1.95. The average Bonchev–Trinajstić information content (AvgIpc) is 2.43. The lowest BCUT2D eigenvalue weighted by atomic mass is 10.1. The van der Waals surface area contributed by atoms with E-state index < -0.39 is 0 Å². The highest BCUT2D eigenvalue weighted by atomic mass is 35.5. The van der Waals surface area contributed by atoms with Crippen molar-refractivity contribution < 1.29 is 4.74 Å². The van der Waals surface area contributed by atoms with Crippen LogP contribution >= 0.6 is 23.2 Å². The number of aromatic nitrogens is 2. The van der Waals surface area contributed by atoms with Crippen molar-refractivity contribution in [3.05, 3.63) is 40.1 Å². The van der Waals surface area contributed by atoms with Crippen molar-refractivity contribution in [1.29, 1.82) is 0 Å². The number of ether oxygens (including phenoxy) is 1. The number of anilines is 1. The Kier molecular flexibility index (Phi) is 5.26. The van der Waals surface area contributed by atoms with Crippen molar-refractivity contribution in [2.75, 3.05) is 11.9 Å². The summed E-state index contributed by atoms with van der Waals surface area (Å²) in [5.41, 5.74) is 0.912. The van der Waals surface area contributed by atoms with E-state index in [1.165, 1.54) is 6.33 Å². The van der Waals surface area contributed by atoms with Gasteiger partial charge >= 0.3 is 0 Å². The Bertz CT molecular complexity index is 632. The quantitative estimate of drug-likeness (QED) is 0.827. The molecule has 0 unspecified atom stereocenters. The van der Waals surface area contributed by atoms with Crippen molar-refractivity contribution in [3.8, 4) is 11.6 Å². The van der Waals surface area contributed by atoms with Gasteiger partial charge in [-0.15, -0.1) is 0 Å². The van der Waals surface area contributed by atoms with Crippen LogP contribution in [0.1, 0.15) is 32.3 Å². The van der Waals surface area contributed by atoms with Crippen molar-refractivity contribution in [1.82, 2.24) is 9.97 Å². The Labute approximate surface area is 134 Å². The largest absolute Gasteiger partial charge is 0.437 e. The number of benzene rings is 1. The van der Waals surface area contributed by atoms with Gasteiger partial charge in [-0.2, -0.15) is 0 Å². The number of rotatable bonds is 5. The van der Waals surface area contributed by atoms with Gasteiger partial charge in [-0.05, 0) is 25.0 Å². The van der Waals surface area contributed by atoms with E-state index in [4.69, 9.17) is 27.9 Å². The maximum Gasteiger partial charge on any atom is 0.227 e. The van der Waals surface area contributed by atoms with Gasteiger partial charge in [0.2, 0.25) is 5.88 Å². The first-order valence-corrected chi connectivity index (χ1v) is 7.50. The van der Waals surface area contributed by atoms with E-state index in [1.807, 2.05) is 6.92 Å². The molecule has 0 radical (unpaired) electrons. The fourth-order valence-corrected chi connectivity index (χ4v) is 2.27. The van der Waals surface area contributed by atoms with Gasteiger partial charge in [0.25, 0.3) is 0 Å². The first kappa shape index (κ1) is 15.9. The second-order valence-electron chi connectivity index (χ2n) is 4.80. The molecule has 2 aromatic rings. The van der Waals surface area contributed by atoms with Crippen LogP contribution in [-0.4, -0.2) is 16.5 Å². The molecule has 1 aromatic heterocycles. The minimum Gasteiger partial charge on any atom is -0.437 e. The third-order valence-corrected chi connectivity index (χ3v) is 3.42. The van der Waals surface area contributed by atoms with E-state index in [0.29, 0.717) is 21.7 Å². The number of halogens is 2. The summed E-state index contributed by atoms with van der Waals surface area (Å²) in [4.78, 5) is 8.50. The second kappa shape index (κ2) is 6.96. The average molecular weight is 326 g/mol. The molecule has 0 aliphatic heterocycles. The number of nitrogens with one attached hydrogen (secondary N) is 1. The van der Waals surface area contributed by atoms with E-state index in [-0.39, 0.29) is 5.92 Å². The molecule has 4 nitrogen and oxygen atoms in total. The van der Waals surface area contributed by atoms with Crippen LogP contribution in [0.25, 0.3) is 0 Å². The van der Waals surface area contributed by atoms with Crippen molar-refractivity contribution in [3.63, 3.8) is 0 Å². The molecule has 1 aromatic carbocycles. The molecule has 2 rings (SSSR count). The van der Waals surface area contributed by atoms with Crippen molar-refractivity contribution in [2.45, 2.75) is 26.7 Å². The fraction of sp³-hybridized carbons (Fsp3) is 0.333. The van der Waals surface area contributed by atoms with E-state index >= 15 is 0 Å². The van der Waals surface area contributed by atoms with Crippen LogP contribution in [0, 0.1) is 0 Å². The molecule has 0 aliphatic rings. The third kappa shape index (κ3) is 3.77. The highest BCUT2D eigenvalue weighted by molar-refractivity contribution is 6.34. The van der Waals surface area contributed by atoms with Crippen LogP contribution < -0.4 is 10.1 Å². The molecule has 0 spiro atoms. The molecule has 0 saturated carbocycles. The Morgan fingerprint density at radius 1 is 1.24 bits per heavy atom. The molecule has 21 heavy (non-hydrogen) atoms. The van der Waals surface area contributed by atoms with Crippen molar-refractivity contribution >= 4 is 29.0 Å². The smallest absolute Gasteiger partial charge is 0.227 e. The Hall–Kier alpha value is -1.52. The zero-order valence-electron chi connectivity index (χ0n) is 12.2. The molecule has 0 bridgehead atoms. The SMILES string of the molecule is CCNc1ncnc(Oc2cc(Cl)ccc2Cl)c1C(C)C. The van der Waals surface area contributed by atoms with Crippen LogP contribution in [0.4, 0.5) is 5.82 Å². The van der Waals surface area contributed by atoms with Gasteiger partial charge < -0.3 is 10.1 Å². The van der Waals surface area contributed by atoms with Gasteiger partial charge in [-0.3, -0.25) is 0 Å². The van der Waals surface area contributed by atoms with Gasteiger partial charge in [0.1, 0.15) is 17.9 Å². The van der Waals surface area contributed by atoms with Gasteiger partial charge in [0.15, 0.2) is 0 Å². The summed E-state index contributed by atoms with van der Waals surface area (Å²) in [5, 5.41) is 4.26. The van der Waals surface area contributed by atoms with Crippen LogP contribution in [-0.2, 0) is 0 Å². The van der Waals surface area contributed by atoms with E-state index in [2.05, 4.69) is 29.1 Å². The Morgan fingerprint density at radius 2 is 2.00 bits per heavy atom. The number of hydrogen-bond acceptors (Lipinski definition) is 4. The molecule has 1 N–H and O–H groups in total. The zero-order valence-corrected chi connectivity index (χ0v) is 13.7. The summed E-state index contributed by atoms with van der Waals surface area (Å²) in [6.45, 7) is 6.91. The summed E-state index contributed by atoms with van der Waals surface area (Å²) in [6.07, 6.45) is 1.47. The summed E-state index contributed by atoms with van der Waals surface area (Å²) in [7, 11) is 0. The van der Waals surface area contributed by atoms with Crippen LogP contribution in [0.15, 0.2) is 24.5 Å². The molecule has 0 saturated heterocycles. The molecule has 0 atom stereocenters. The summed E-state index contributed by atoms with van der Waals surface area (Å²) >= 11 is 12.1. The molecular weight excluding hydrogens is 309 g/mol. The highest BCUT2D eigenvalue weighted by Crippen LogP contribution is 2.36. The first-order chi connectivity index (χ1) is 10.0. The minimum absolute atomic E-state index is 0.202. The normalized spacial score (nSPS) is 10.8. The van der Waals surface area contributed by atoms with Gasteiger partial charge in [-0.25, -0.2) is 9.97 Å². The Balaban J connectivity index is 2.43.